The minimum absolute atomic E-state index is 0.0543. The summed E-state index contributed by atoms with van der Waals surface area (Å²) < 4.78 is 94.4. The lowest BCUT2D eigenvalue weighted by molar-refractivity contribution is 0.0317. The Morgan fingerprint density at radius 3 is 1.76 bits per heavy atom. The van der Waals surface area contributed by atoms with Crippen molar-refractivity contribution >= 4 is 0 Å². The molecule has 0 radical (unpaired) electrons. The largest absolute Gasteiger partial charge is 0.374 e. The molecule has 3 aromatic rings. The van der Waals surface area contributed by atoms with E-state index in [9.17, 15) is 13.2 Å². The van der Waals surface area contributed by atoms with Crippen molar-refractivity contribution in [2.45, 2.75) is 64.4 Å². The number of allylic oxidation sites excluding steroid dienone is 1. The van der Waals surface area contributed by atoms with Crippen LogP contribution in [0.1, 0.15) is 61.3 Å². The van der Waals surface area contributed by atoms with Gasteiger partial charge in [0.2, 0.25) is 0 Å². The van der Waals surface area contributed by atoms with E-state index in [0.29, 0.717) is 25.7 Å². The van der Waals surface area contributed by atoms with Gasteiger partial charge in [-0.15, -0.1) is 0 Å². The zero-order valence-corrected chi connectivity index (χ0v) is 21.4. The van der Waals surface area contributed by atoms with Crippen molar-refractivity contribution in [3.8, 4) is 11.1 Å². The van der Waals surface area contributed by atoms with E-state index in [1.165, 1.54) is 36.4 Å². The molecule has 2 unspecified atom stereocenters. The van der Waals surface area contributed by atoms with Gasteiger partial charge in [0.15, 0.2) is 34.9 Å². The number of aryl methyl sites for hydroxylation is 3. The van der Waals surface area contributed by atoms with Crippen LogP contribution in [0.3, 0.4) is 0 Å². The molecular weight excluding hydrogens is 502 g/mol. The maximum Gasteiger partial charge on any atom is 0.167 e. The molecule has 0 spiro atoms. The highest BCUT2D eigenvalue weighted by atomic mass is 19.2. The van der Waals surface area contributed by atoms with Crippen LogP contribution in [-0.2, 0) is 24.0 Å². The SMILES string of the molecule is CC=CC1CCC(c2ccc(-c3ccc(CCc4ccc(CCC)c(F)c4F)c(F)c3F)c(F)c2F)CO1. The van der Waals surface area contributed by atoms with Crippen molar-refractivity contribution in [3.05, 3.63) is 106 Å². The van der Waals surface area contributed by atoms with Crippen LogP contribution in [0.25, 0.3) is 11.1 Å². The lowest BCUT2D eigenvalue weighted by atomic mass is 9.89. The normalized spacial score (nSPS) is 17.9. The summed E-state index contributed by atoms with van der Waals surface area (Å²) >= 11 is 0. The van der Waals surface area contributed by atoms with Crippen LogP contribution >= 0.6 is 0 Å². The van der Waals surface area contributed by atoms with Gasteiger partial charge < -0.3 is 4.74 Å². The summed E-state index contributed by atoms with van der Waals surface area (Å²) in [5.74, 6) is -7.18. The van der Waals surface area contributed by atoms with Crippen molar-refractivity contribution in [2.75, 3.05) is 6.61 Å². The average Bonchev–Trinajstić information content (AvgIpc) is 2.91. The first-order valence-corrected chi connectivity index (χ1v) is 12.9. The number of hydrogen-bond acceptors (Lipinski definition) is 1. The van der Waals surface area contributed by atoms with Crippen LogP contribution in [-0.4, -0.2) is 12.7 Å². The molecule has 0 saturated carbocycles. The van der Waals surface area contributed by atoms with E-state index in [2.05, 4.69) is 0 Å². The molecule has 1 nitrogen and oxygen atoms in total. The summed E-state index contributed by atoms with van der Waals surface area (Å²) in [6.07, 6.45) is 5.90. The van der Waals surface area contributed by atoms with Gasteiger partial charge in [-0.1, -0.05) is 61.9 Å². The van der Waals surface area contributed by atoms with Crippen LogP contribution in [0.15, 0.2) is 48.6 Å². The third-order valence-corrected chi connectivity index (χ3v) is 7.15. The summed E-state index contributed by atoms with van der Waals surface area (Å²) in [6.45, 7) is 3.96. The lowest BCUT2D eigenvalue weighted by Crippen LogP contribution is -2.24. The predicted octanol–water partition coefficient (Wildman–Crippen LogP) is 8.76. The monoisotopic (exact) mass is 532 g/mol. The molecule has 0 aliphatic carbocycles. The van der Waals surface area contributed by atoms with Crippen molar-refractivity contribution in [2.24, 2.45) is 0 Å². The molecule has 0 amide bonds. The first-order valence-electron chi connectivity index (χ1n) is 12.9. The van der Waals surface area contributed by atoms with Crippen molar-refractivity contribution in [3.63, 3.8) is 0 Å². The maximum absolute atomic E-state index is 15.1. The smallest absolute Gasteiger partial charge is 0.167 e. The zero-order chi connectivity index (χ0) is 27.4. The molecule has 1 aliphatic rings. The quantitative estimate of drug-likeness (QED) is 0.208. The highest BCUT2D eigenvalue weighted by Gasteiger charge is 2.27. The zero-order valence-electron chi connectivity index (χ0n) is 21.4. The van der Waals surface area contributed by atoms with Crippen LogP contribution in [0, 0.1) is 34.9 Å². The first-order chi connectivity index (χ1) is 18.3. The van der Waals surface area contributed by atoms with Gasteiger partial charge in [-0.25, -0.2) is 26.3 Å². The lowest BCUT2D eigenvalue weighted by Gasteiger charge is -2.28. The fourth-order valence-corrected chi connectivity index (χ4v) is 5.02. The van der Waals surface area contributed by atoms with Gasteiger partial charge in [0, 0.05) is 17.0 Å². The van der Waals surface area contributed by atoms with E-state index in [0.717, 1.165) is 0 Å². The van der Waals surface area contributed by atoms with Crippen LogP contribution in [0.4, 0.5) is 26.3 Å². The fraction of sp³-hybridized carbons (Fsp3) is 0.355. The van der Waals surface area contributed by atoms with Crippen LogP contribution in [0.2, 0.25) is 0 Å². The summed E-state index contributed by atoms with van der Waals surface area (Å²) in [5.41, 5.74) is -0.415. The molecule has 0 N–H and O–H groups in total. The maximum atomic E-state index is 15.1. The van der Waals surface area contributed by atoms with E-state index in [1.807, 2.05) is 26.0 Å². The second kappa shape index (κ2) is 12.2. The highest BCUT2D eigenvalue weighted by Crippen LogP contribution is 2.36. The summed E-state index contributed by atoms with van der Waals surface area (Å²) in [4.78, 5) is 0. The molecule has 202 valence electrons. The van der Waals surface area contributed by atoms with Crippen LogP contribution < -0.4 is 0 Å². The third kappa shape index (κ3) is 5.68. The number of hydrogen-bond donors (Lipinski definition) is 0. The van der Waals surface area contributed by atoms with E-state index in [-0.39, 0.29) is 53.7 Å². The standard InChI is InChI=1S/C31H30F6O/c1-3-5-18-7-8-19(27(33)26(18)32)9-10-20-12-14-24(30(36)28(20)34)25-16-15-23(29(35)31(25)37)21-11-13-22(6-4-2)38-17-21/h4,6-8,12,14-16,21-22H,3,5,9-11,13,17H2,1-2H3. The van der Waals surface area contributed by atoms with Crippen molar-refractivity contribution < 1.29 is 31.1 Å². The van der Waals surface area contributed by atoms with Gasteiger partial charge in [0.25, 0.3) is 0 Å². The molecule has 38 heavy (non-hydrogen) atoms. The fourth-order valence-electron chi connectivity index (χ4n) is 5.02. The second-order valence-corrected chi connectivity index (χ2v) is 9.66. The summed E-state index contributed by atoms with van der Waals surface area (Å²) in [5, 5.41) is 0. The van der Waals surface area contributed by atoms with Gasteiger partial charge in [0.1, 0.15) is 0 Å². The topological polar surface area (TPSA) is 9.23 Å². The predicted molar refractivity (Wildman–Crippen MR) is 136 cm³/mol. The molecule has 4 rings (SSSR count). The number of benzene rings is 3. The Morgan fingerprint density at radius 1 is 0.684 bits per heavy atom. The van der Waals surface area contributed by atoms with Crippen molar-refractivity contribution in [1.82, 2.24) is 0 Å². The number of halogens is 6. The van der Waals surface area contributed by atoms with Gasteiger partial charge in [-0.05, 0) is 61.3 Å². The molecule has 1 fully saturated rings. The van der Waals surface area contributed by atoms with Gasteiger partial charge in [0.05, 0.1) is 12.7 Å². The molecule has 1 aliphatic heterocycles. The molecule has 7 heteroatoms. The minimum Gasteiger partial charge on any atom is -0.374 e. The first kappa shape index (κ1) is 28.0. The molecule has 0 bridgehead atoms. The average molecular weight is 533 g/mol. The molecule has 2 atom stereocenters. The molecule has 1 saturated heterocycles. The third-order valence-electron chi connectivity index (χ3n) is 7.15. The number of rotatable bonds is 8. The van der Waals surface area contributed by atoms with E-state index >= 15 is 13.2 Å². The van der Waals surface area contributed by atoms with Crippen molar-refractivity contribution in [1.29, 1.82) is 0 Å². The Hall–Kier alpha value is -3.06. The number of ether oxygens (including phenoxy) is 1. The minimum atomic E-state index is -1.33. The Bertz CT molecular complexity index is 1320. The Balaban J connectivity index is 1.53. The van der Waals surface area contributed by atoms with Crippen LogP contribution in [0.5, 0.6) is 0 Å². The Kier molecular flexibility index (Phi) is 8.98. The highest BCUT2D eigenvalue weighted by molar-refractivity contribution is 5.66. The Morgan fingerprint density at radius 2 is 1.21 bits per heavy atom. The van der Waals surface area contributed by atoms with E-state index in [1.54, 1.807) is 0 Å². The summed E-state index contributed by atoms with van der Waals surface area (Å²) in [7, 11) is 0. The second-order valence-electron chi connectivity index (χ2n) is 9.66. The van der Waals surface area contributed by atoms with E-state index < -0.39 is 46.0 Å². The van der Waals surface area contributed by atoms with Gasteiger partial charge >= 0.3 is 0 Å². The molecule has 3 aromatic carbocycles. The van der Waals surface area contributed by atoms with Gasteiger partial charge in [-0.3, -0.25) is 0 Å². The summed E-state index contributed by atoms with van der Waals surface area (Å²) in [6, 6.07) is 8.02. The molecular formula is C31H30F6O. The van der Waals surface area contributed by atoms with E-state index in [4.69, 9.17) is 4.74 Å². The molecule has 0 aromatic heterocycles. The Labute approximate surface area is 219 Å². The molecule has 1 heterocycles. The van der Waals surface area contributed by atoms with Gasteiger partial charge in [-0.2, -0.15) is 0 Å².